The van der Waals surface area contributed by atoms with Crippen LogP contribution in [0.4, 0.5) is 11.4 Å². The summed E-state index contributed by atoms with van der Waals surface area (Å²) >= 11 is 0. The molecule has 3 rings (SSSR count). The monoisotopic (exact) mass is 490 g/mol. The van der Waals surface area contributed by atoms with Gasteiger partial charge >= 0.3 is 5.69 Å². The molecule has 0 fully saturated rings. The molecule has 3 aromatic rings. The molecule has 0 aliphatic carbocycles. The summed E-state index contributed by atoms with van der Waals surface area (Å²) in [5.41, 5.74) is 2.53. The topological polar surface area (TPSA) is 109 Å². The average molecular weight is 491 g/mol. The number of nitro benzene ring substituents is 1. The van der Waals surface area contributed by atoms with E-state index in [0.29, 0.717) is 17.2 Å². The molecule has 186 valence electrons. The Kier molecular flexibility index (Phi) is 8.66. The Labute approximate surface area is 208 Å². The third-order valence-corrected chi connectivity index (χ3v) is 5.21. The summed E-state index contributed by atoms with van der Waals surface area (Å²) in [7, 11) is 6.03. The third-order valence-electron chi connectivity index (χ3n) is 5.21. The van der Waals surface area contributed by atoms with Crippen LogP contribution in [0.2, 0.25) is 0 Å². The fourth-order valence-corrected chi connectivity index (χ4v) is 3.38. The Bertz CT molecular complexity index is 1270. The number of hydrogen-bond donors (Lipinski definition) is 1. The highest BCUT2D eigenvalue weighted by Crippen LogP contribution is 2.38. The van der Waals surface area contributed by atoms with Gasteiger partial charge in [-0.15, -0.1) is 0 Å². The number of nitrogens with zero attached hydrogens (tertiary/aromatic N) is 1. The van der Waals surface area contributed by atoms with Crippen molar-refractivity contribution in [2.24, 2.45) is 0 Å². The van der Waals surface area contributed by atoms with Crippen molar-refractivity contribution in [2.45, 2.75) is 0 Å². The fraction of sp³-hybridized carbons (Fsp3) is 0.148. The Morgan fingerprint density at radius 2 is 1.42 bits per heavy atom. The molecule has 0 spiro atoms. The van der Waals surface area contributed by atoms with E-state index in [2.05, 4.69) is 5.32 Å². The first-order valence-corrected chi connectivity index (χ1v) is 10.8. The van der Waals surface area contributed by atoms with E-state index in [1.54, 1.807) is 21.3 Å². The zero-order valence-corrected chi connectivity index (χ0v) is 20.3. The van der Waals surface area contributed by atoms with Gasteiger partial charge in [0, 0.05) is 29.6 Å². The number of methoxy groups -OCH3 is 4. The molecule has 1 N–H and O–H groups in total. The van der Waals surface area contributed by atoms with E-state index in [4.69, 9.17) is 18.9 Å². The quantitative estimate of drug-likeness (QED) is 0.121. The molecule has 0 atom stereocenters. The Hall–Kier alpha value is -4.79. The maximum atomic E-state index is 12.4. The predicted molar refractivity (Wildman–Crippen MR) is 138 cm³/mol. The van der Waals surface area contributed by atoms with Gasteiger partial charge in [-0.3, -0.25) is 14.9 Å². The van der Waals surface area contributed by atoms with Crippen molar-refractivity contribution in [1.29, 1.82) is 0 Å². The molecule has 0 amide bonds. The molecular weight excluding hydrogens is 464 g/mol. The summed E-state index contributed by atoms with van der Waals surface area (Å²) in [6, 6.07) is 15.3. The van der Waals surface area contributed by atoms with Crippen LogP contribution < -0.4 is 24.3 Å². The van der Waals surface area contributed by atoms with Crippen molar-refractivity contribution in [2.75, 3.05) is 33.8 Å². The molecule has 3 aromatic carbocycles. The number of allylic oxidation sites excluding steroid dienone is 1. The predicted octanol–water partition coefficient (Wildman–Crippen LogP) is 5.61. The van der Waals surface area contributed by atoms with E-state index in [0.717, 1.165) is 16.8 Å². The highest BCUT2D eigenvalue weighted by molar-refractivity contribution is 6.05. The van der Waals surface area contributed by atoms with E-state index in [-0.39, 0.29) is 22.8 Å². The number of ketones is 1. The Morgan fingerprint density at radius 3 is 1.97 bits per heavy atom. The zero-order chi connectivity index (χ0) is 26.1. The number of carbonyl (C=O) groups excluding carboxylic acids is 1. The van der Waals surface area contributed by atoms with Crippen molar-refractivity contribution in [3.63, 3.8) is 0 Å². The second-order valence-electron chi connectivity index (χ2n) is 7.40. The van der Waals surface area contributed by atoms with Gasteiger partial charge in [0.2, 0.25) is 5.75 Å². The molecule has 0 saturated heterocycles. The molecule has 0 aliphatic heterocycles. The lowest BCUT2D eigenvalue weighted by molar-refractivity contribution is -0.385. The van der Waals surface area contributed by atoms with Gasteiger partial charge in [0.05, 0.1) is 33.4 Å². The van der Waals surface area contributed by atoms with Crippen molar-refractivity contribution < 1.29 is 28.7 Å². The summed E-state index contributed by atoms with van der Waals surface area (Å²) in [5, 5.41) is 14.2. The van der Waals surface area contributed by atoms with Crippen LogP contribution in [0.25, 0.3) is 12.2 Å². The number of benzene rings is 3. The second-order valence-corrected chi connectivity index (χ2v) is 7.40. The van der Waals surface area contributed by atoms with Crippen LogP contribution in [-0.2, 0) is 0 Å². The van der Waals surface area contributed by atoms with Crippen molar-refractivity contribution in [1.82, 2.24) is 0 Å². The second kappa shape index (κ2) is 12.1. The van der Waals surface area contributed by atoms with Gasteiger partial charge in [0.15, 0.2) is 23.0 Å². The number of carbonyl (C=O) groups is 1. The van der Waals surface area contributed by atoms with Crippen LogP contribution in [0.15, 0.2) is 66.9 Å². The van der Waals surface area contributed by atoms with Gasteiger partial charge in [-0.2, -0.15) is 0 Å². The normalized spacial score (nSPS) is 10.9. The van der Waals surface area contributed by atoms with Gasteiger partial charge in [0.1, 0.15) is 0 Å². The number of hydrogen-bond acceptors (Lipinski definition) is 8. The number of nitro groups is 1. The molecule has 9 heteroatoms. The highest BCUT2D eigenvalue weighted by Gasteiger charge is 2.17. The number of ether oxygens (including phenoxy) is 4. The molecule has 0 bridgehead atoms. The Morgan fingerprint density at radius 1 is 0.806 bits per heavy atom. The third kappa shape index (κ3) is 6.20. The van der Waals surface area contributed by atoms with E-state index < -0.39 is 4.92 Å². The lowest BCUT2D eigenvalue weighted by atomic mass is 10.1. The average Bonchev–Trinajstić information content (AvgIpc) is 2.91. The number of nitrogens with one attached hydrogen (secondary N) is 1. The van der Waals surface area contributed by atoms with E-state index >= 15 is 0 Å². The van der Waals surface area contributed by atoms with E-state index in [1.165, 1.54) is 37.6 Å². The molecule has 9 nitrogen and oxygen atoms in total. The van der Waals surface area contributed by atoms with Gasteiger partial charge in [-0.05, 0) is 47.5 Å². The number of rotatable bonds is 11. The number of anilines is 1. The van der Waals surface area contributed by atoms with E-state index in [1.807, 2.05) is 48.6 Å². The molecular formula is C27H26N2O7. The Balaban J connectivity index is 1.65. The minimum absolute atomic E-state index is 0.0954. The molecule has 0 aromatic heterocycles. The first-order valence-electron chi connectivity index (χ1n) is 10.8. The van der Waals surface area contributed by atoms with Crippen LogP contribution in [0, 0.1) is 10.1 Å². The van der Waals surface area contributed by atoms with Crippen molar-refractivity contribution in [3.05, 3.63) is 93.7 Å². The van der Waals surface area contributed by atoms with Gasteiger partial charge in [-0.25, -0.2) is 0 Å². The maximum absolute atomic E-state index is 12.4. The SMILES string of the molecule is COc1ccc(C(=O)C=CNc2ccc(C=Cc3cc(OC)c(OC)c(OC)c3)cc2)cc1[N+](=O)[O-]. The highest BCUT2D eigenvalue weighted by atomic mass is 16.6. The first-order chi connectivity index (χ1) is 17.4. The molecule has 36 heavy (non-hydrogen) atoms. The largest absolute Gasteiger partial charge is 0.493 e. The fourth-order valence-electron chi connectivity index (χ4n) is 3.38. The smallest absolute Gasteiger partial charge is 0.311 e. The maximum Gasteiger partial charge on any atom is 0.311 e. The van der Waals surface area contributed by atoms with Gasteiger partial charge < -0.3 is 24.3 Å². The molecule has 0 unspecified atom stereocenters. The van der Waals surface area contributed by atoms with Crippen LogP contribution in [-0.4, -0.2) is 39.1 Å². The van der Waals surface area contributed by atoms with Crippen LogP contribution in [0.3, 0.4) is 0 Å². The van der Waals surface area contributed by atoms with Crippen molar-refractivity contribution >= 4 is 29.3 Å². The summed E-state index contributed by atoms with van der Waals surface area (Å²) in [4.78, 5) is 23.0. The van der Waals surface area contributed by atoms with Crippen LogP contribution >= 0.6 is 0 Å². The summed E-state index contributed by atoms with van der Waals surface area (Å²) in [6.07, 6.45) is 6.67. The van der Waals surface area contributed by atoms with Gasteiger partial charge in [-0.1, -0.05) is 24.3 Å². The standard InChI is InChI=1S/C27H26N2O7/c1-33-24-12-9-20(17-22(24)29(31)32)23(30)13-14-28-21-10-7-18(8-11-21)5-6-19-15-25(34-2)27(36-4)26(16-19)35-3/h5-17,28H,1-4H3. The summed E-state index contributed by atoms with van der Waals surface area (Å²) in [5.74, 6) is 1.39. The first kappa shape index (κ1) is 25.8. The summed E-state index contributed by atoms with van der Waals surface area (Å²) < 4.78 is 21.1. The molecule has 0 aliphatic rings. The van der Waals surface area contributed by atoms with Crippen LogP contribution in [0.1, 0.15) is 21.5 Å². The lowest BCUT2D eigenvalue weighted by Crippen LogP contribution is -2.00. The molecule has 0 saturated carbocycles. The minimum Gasteiger partial charge on any atom is -0.493 e. The van der Waals surface area contributed by atoms with Crippen LogP contribution in [0.5, 0.6) is 23.0 Å². The van der Waals surface area contributed by atoms with E-state index in [9.17, 15) is 14.9 Å². The van der Waals surface area contributed by atoms with Gasteiger partial charge in [0.25, 0.3) is 0 Å². The lowest BCUT2D eigenvalue weighted by Gasteiger charge is -2.12. The van der Waals surface area contributed by atoms with Crippen molar-refractivity contribution in [3.8, 4) is 23.0 Å². The molecule has 0 radical (unpaired) electrons. The molecule has 0 heterocycles. The summed E-state index contributed by atoms with van der Waals surface area (Å²) in [6.45, 7) is 0. The zero-order valence-electron chi connectivity index (χ0n) is 20.3. The minimum atomic E-state index is -0.588.